The molecular weight excluding hydrogens is 464 g/mol. The first-order valence-electron chi connectivity index (χ1n) is 12.8. The summed E-state index contributed by atoms with van der Waals surface area (Å²) in [4.78, 5) is 0. The van der Waals surface area contributed by atoms with Gasteiger partial charge in [0, 0.05) is 12.8 Å². The predicted octanol–water partition coefficient (Wildman–Crippen LogP) is 3.67. The summed E-state index contributed by atoms with van der Waals surface area (Å²) < 4.78 is 46.1. The van der Waals surface area contributed by atoms with Crippen LogP contribution in [0.4, 0.5) is 0 Å². The molecule has 1 saturated heterocycles. The molecule has 0 spiro atoms. The van der Waals surface area contributed by atoms with Crippen molar-refractivity contribution in [3.05, 3.63) is 12.2 Å². The molecule has 0 radical (unpaired) electrons. The Bertz CT molecular complexity index is 626. The molecule has 9 nitrogen and oxygen atoms in total. The third-order valence-corrected chi connectivity index (χ3v) is 6.48. The molecule has 0 amide bonds. The van der Waals surface area contributed by atoms with Gasteiger partial charge < -0.3 is 24.8 Å². The van der Waals surface area contributed by atoms with Gasteiger partial charge >= 0.3 is 10.4 Å². The molecular formula is C24H46O9S. The fourth-order valence-corrected chi connectivity index (χ4v) is 4.51. The summed E-state index contributed by atoms with van der Waals surface area (Å²) in [7, 11) is -4.78. The second-order valence-corrected chi connectivity index (χ2v) is 10.1. The van der Waals surface area contributed by atoms with Gasteiger partial charge in [-0.25, -0.2) is 4.18 Å². The number of ether oxygens (including phenoxy) is 2. The molecule has 1 heterocycles. The predicted molar refractivity (Wildman–Crippen MR) is 130 cm³/mol. The average molecular weight is 511 g/mol. The van der Waals surface area contributed by atoms with Crippen molar-refractivity contribution < 1.29 is 41.9 Å². The molecule has 0 bridgehead atoms. The van der Waals surface area contributed by atoms with Crippen LogP contribution in [0.25, 0.3) is 0 Å². The molecule has 1 aliphatic heterocycles. The number of allylic oxidation sites excluding steroid dienone is 1. The van der Waals surface area contributed by atoms with E-state index in [9.17, 15) is 23.7 Å². The molecule has 0 aromatic rings. The number of unbranched alkanes of at least 4 members (excludes halogenated alkanes) is 11. The Morgan fingerprint density at radius 3 is 2.18 bits per heavy atom. The van der Waals surface area contributed by atoms with Crippen molar-refractivity contribution in [2.24, 2.45) is 0 Å². The molecule has 4 N–H and O–H groups in total. The highest BCUT2D eigenvalue weighted by Crippen LogP contribution is 2.25. The van der Waals surface area contributed by atoms with Crippen LogP contribution in [0.1, 0.15) is 96.8 Å². The van der Waals surface area contributed by atoms with Crippen molar-refractivity contribution >= 4 is 10.4 Å². The van der Waals surface area contributed by atoms with Crippen LogP contribution in [0.3, 0.4) is 0 Å². The van der Waals surface area contributed by atoms with Crippen molar-refractivity contribution in [2.45, 2.75) is 128 Å². The lowest BCUT2D eigenvalue weighted by molar-refractivity contribution is -0.253. The van der Waals surface area contributed by atoms with Crippen LogP contribution in [-0.2, 0) is 24.1 Å². The van der Waals surface area contributed by atoms with E-state index in [0.717, 1.165) is 12.8 Å². The summed E-state index contributed by atoms with van der Waals surface area (Å²) >= 11 is 0. The number of hydrogen-bond donors (Lipinski definition) is 4. The van der Waals surface area contributed by atoms with Gasteiger partial charge in [-0.05, 0) is 12.8 Å². The minimum atomic E-state index is -4.78. The van der Waals surface area contributed by atoms with E-state index >= 15 is 0 Å². The van der Waals surface area contributed by atoms with Gasteiger partial charge in [0.05, 0.1) is 19.3 Å². The molecule has 1 rings (SSSR count). The molecule has 0 aromatic carbocycles. The topological polar surface area (TPSA) is 143 Å². The molecule has 5 atom stereocenters. The monoisotopic (exact) mass is 510 g/mol. The molecule has 1 fully saturated rings. The van der Waals surface area contributed by atoms with E-state index in [1.165, 1.54) is 64.2 Å². The lowest BCUT2D eigenvalue weighted by Gasteiger charge is -2.37. The molecule has 202 valence electrons. The SMILES string of the molecule is CCCCCCCCCCCCC/C=C/C(O)CCOC1CC(OS(=O)(=O)O)C(O)C(CO)O1. The Morgan fingerprint density at radius 2 is 1.62 bits per heavy atom. The largest absolute Gasteiger partial charge is 0.397 e. The van der Waals surface area contributed by atoms with Crippen LogP contribution in [-0.4, -0.2) is 72.2 Å². The standard InChI is InChI=1S/C24H46O9S/c1-2-3-4-5-6-7-8-9-10-11-12-13-14-15-20(26)16-17-31-23-18-21(33-34(28,29)30)24(27)22(19-25)32-23/h14-15,20-27H,2-13,16-19H2,1H3,(H,28,29,30)/b15-14+. The highest BCUT2D eigenvalue weighted by atomic mass is 32.3. The van der Waals surface area contributed by atoms with Gasteiger partial charge in [0.15, 0.2) is 6.29 Å². The second-order valence-electron chi connectivity index (χ2n) is 9.05. The quantitative estimate of drug-likeness (QED) is 0.110. The lowest BCUT2D eigenvalue weighted by atomic mass is 10.0. The highest BCUT2D eigenvalue weighted by Gasteiger charge is 2.40. The third-order valence-electron chi connectivity index (χ3n) is 5.99. The van der Waals surface area contributed by atoms with Crippen molar-refractivity contribution in [3.63, 3.8) is 0 Å². The highest BCUT2D eigenvalue weighted by molar-refractivity contribution is 7.80. The van der Waals surface area contributed by atoms with Crippen molar-refractivity contribution in [1.82, 2.24) is 0 Å². The zero-order valence-corrected chi connectivity index (χ0v) is 21.4. The summed E-state index contributed by atoms with van der Waals surface area (Å²) in [6.07, 6.45) is 13.6. The van der Waals surface area contributed by atoms with E-state index in [1.54, 1.807) is 6.08 Å². The number of rotatable bonds is 20. The van der Waals surface area contributed by atoms with Crippen LogP contribution < -0.4 is 0 Å². The van der Waals surface area contributed by atoms with Crippen LogP contribution in [0.15, 0.2) is 12.2 Å². The van der Waals surface area contributed by atoms with E-state index in [0.29, 0.717) is 6.42 Å². The van der Waals surface area contributed by atoms with Crippen LogP contribution in [0.5, 0.6) is 0 Å². The molecule has 5 unspecified atom stereocenters. The van der Waals surface area contributed by atoms with Gasteiger partial charge in [-0.15, -0.1) is 0 Å². The van der Waals surface area contributed by atoms with E-state index in [4.69, 9.17) is 14.0 Å². The first kappa shape index (κ1) is 31.4. The second kappa shape index (κ2) is 18.6. The number of hydrogen-bond acceptors (Lipinski definition) is 8. The van der Waals surface area contributed by atoms with Gasteiger partial charge in [-0.2, -0.15) is 8.42 Å². The van der Waals surface area contributed by atoms with Gasteiger partial charge in [-0.3, -0.25) is 4.55 Å². The van der Waals surface area contributed by atoms with Crippen molar-refractivity contribution in [2.75, 3.05) is 13.2 Å². The molecule has 1 aliphatic rings. The van der Waals surface area contributed by atoms with Crippen LogP contribution in [0.2, 0.25) is 0 Å². The van der Waals surface area contributed by atoms with E-state index in [2.05, 4.69) is 11.1 Å². The number of aliphatic hydroxyl groups is 3. The smallest absolute Gasteiger partial charge is 0.394 e. The van der Waals surface area contributed by atoms with E-state index in [1.807, 2.05) is 6.08 Å². The zero-order chi connectivity index (χ0) is 25.2. The Labute approximate surface area is 205 Å². The van der Waals surface area contributed by atoms with E-state index in [-0.39, 0.29) is 13.0 Å². The summed E-state index contributed by atoms with van der Waals surface area (Å²) in [5.74, 6) is 0. The van der Waals surface area contributed by atoms with Gasteiger partial charge in [0.1, 0.15) is 18.3 Å². The third kappa shape index (κ3) is 15.4. The minimum absolute atomic E-state index is 0.126. The molecule has 10 heteroatoms. The summed E-state index contributed by atoms with van der Waals surface area (Å²) in [5.41, 5.74) is 0. The lowest BCUT2D eigenvalue weighted by Crippen LogP contribution is -2.52. The minimum Gasteiger partial charge on any atom is -0.394 e. The Hall–Kier alpha value is -0.590. The van der Waals surface area contributed by atoms with Crippen LogP contribution in [0, 0.1) is 0 Å². The molecule has 0 aliphatic carbocycles. The zero-order valence-electron chi connectivity index (χ0n) is 20.6. The fourth-order valence-electron chi connectivity index (χ4n) is 4.01. The maximum Gasteiger partial charge on any atom is 0.397 e. The number of aliphatic hydroxyl groups excluding tert-OH is 3. The molecule has 34 heavy (non-hydrogen) atoms. The first-order valence-corrected chi connectivity index (χ1v) is 14.2. The summed E-state index contributed by atoms with van der Waals surface area (Å²) in [5, 5.41) is 29.4. The van der Waals surface area contributed by atoms with Crippen LogP contribution >= 0.6 is 0 Å². The van der Waals surface area contributed by atoms with Gasteiger partial charge in [0.25, 0.3) is 0 Å². The van der Waals surface area contributed by atoms with Crippen molar-refractivity contribution in [3.8, 4) is 0 Å². The fraction of sp³-hybridized carbons (Fsp3) is 0.917. The molecule has 0 saturated carbocycles. The molecule has 0 aromatic heterocycles. The maximum atomic E-state index is 11.0. The Morgan fingerprint density at radius 1 is 1.03 bits per heavy atom. The Kier molecular flexibility index (Phi) is 17.2. The summed E-state index contributed by atoms with van der Waals surface area (Å²) in [6, 6.07) is 0. The van der Waals surface area contributed by atoms with Crippen molar-refractivity contribution in [1.29, 1.82) is 0 Å². The Balaban J connectivity index is 2.11. The van der Waals surface area contributed by atoms with Gasteiger partial charge in [-0.1, -0.05) is 83.3 Å². The van der Waals surface area contributed by atoms with E-state index < -0.39 is 47.7 Å². The maximum absolute atomic E-state index is 11.0. The summed E-state index contributed by atoms with van der Waals surface area (Å²) in [6.45, 7) is 1.79. The van der Waals surface area contributed by atoms with Gasteiger partial charge in [0.2, 0.25) is 0 Å². The average Bonchev–Trinajstić information content (AvgIpc) is 2.78. The first-order chi connectivity index (χ1) is 16.3. The normalized spacial score (nSPS) is 24.6.